The van der Waals surface area contributed by atoms with Crippen LogP contribution in [0.25, 0.3) is 0 Å². The SMILES string of the molecule is CCc1ccc(OCCOc2ccc(CNC(=O)CCC(=O)O)cc2)cc1. The van der Waals surface area contributed by atoms with Gasteiger partial charge in [0.05, 0.1) is 6.42 Å². The fraction of sp³-hybridized carbons (Fsp3) is 0.333. The summed E-state index contributed by atoms with van der Waals surface area (Å²) >= 11 is 0. The maximum atomic E-state index is 11.5. The number of carboxylic acids is 1. The highest BCUT2D eigenvalue weighted by Crippen LogP contribution is 2.14. The molecule has 1 amide bonds. The molecule has 0 heterocycles. The van der Waals surface area contributed by atoms with E-state index in [1.54, 1.807) is 0 Å². The van der Waals surface area contributed by atoms with Gasteiger partial charge in [-0.2, -0.15) is 0 Å². The van der Waals surface area contributed by atoms with E-state index in [-0.39, 0.29) is 18.7 Å². The quantitative estimate of drug-likeness (QED) is 0.593. The summed E-state index contributed by atoms with van der Waals surface area (Å²) in [6.45, 7) is 3.35. The number of carbonyl (C=O) groups is 2. The lowest BCUT2D eigenvalue weighted by molar-refractivity contribution is -0.138. The first-order valence-electron chi connectivity index (χ1n) is 8.99. The van der Waals surface area contributed by atoms with E-state index in [1.807, 2.05) is 36.4 Å². The fourth-order valence-corrected chi connectivity index (χ4v) is 2.35. The second kappa shape index (κ2) is 10.9. The number of amides is 1. The van der Waals surface area contributed by atoms with Gasteiger partial charge in [-0.25, -0.2) is 0 Å². The molecule has 0 aliphatic heterocycles. The van der Waals surface area contributed by atoms with E-state index in [4.69, 9.17) is 14.6 Å². The van der Waals surface area contributed by atoms with Crippen molar-refractivity contribution in [2.75, 3.05) is 13.2 Å². The van der Waals surface area contributed by atoms with Crippen molar-refractivity contribution in [2.24, 2.45) is 0 Å². The van der Waals surface area contributed by atoms with Crippen molar-refractivity contribution in [1.82, 2.24) is 5.32 Å². The van der Waals surface area contributed by atoms with Gasteiger partial charge in [0.25, 0.3) is 0 Å². The fourth-order valence-electron chi connectivity index (χ4n) is 2.35. The molecule has 144 valence electrons. The smallest absolute Gasteiger partial charge is 0.303 e. The van der Waals surface area contributed by atoms with E-state index in [0.717, 1.165) is 23.5 Å². The van der Waals surface area contributed by atoms with Crippen LogP contribution in [0.5, 0.6) is 11.5 Å². The van der Waals surface area contributed by atoms with E-state index in [1.165, 1.54) is 5.56 Å². The second-order valence-corrected chi connectivity index (χ2v) is 6.01. The summed E-state index contributed by atoms with van der Waals surface area (Å²) in [6, 6.07) is 15.4. The second-order valence-electron chi connectivity index (χ2n) is 6.01. The number of carbonyl (C=O) groups excluding carboxylic acids is 1. The number of carboxylic acid groups (broad SMARTS) is 1. The van der Waals surface area contributed by atoms with Crippen LogP contribution < -0.4 is 14.8 Å². The zero-order valence-corrected chi connectivity index (χ0v) is 15.4. The molecule has 6 nitrogen and oxygen atoms in total. The Balaban J connectivity index is 1.66. The molecule has 6 heteroatoms. The first-order chi connectivity index (χ1) is 13.1. The zero-order chi connectivity index (χ0) is 19.5. The molecule has 2 rings (SSSR count). The number of rotatable bonds is 11. The van der Waals surface area contributed by atoms with Gasteiger partial charge >= 0.3 is 5.97 Å². The minimum Gasteiger partial charge on any atom is -0.490 e. The highest BCUT2D eigenvalue weighted by molar-refractivity contribution is 5.80. The maximum Gasteiger partial charge on any atom is 0.303 e. The monoisotopic (exact) mass is 371 g/mol. The van der Waals surface area contributed by atoms with Crippen LogP contribution in [0, 0.1) is 0 Å². The number of hydrogen-bond donors (Lipinski definition) is 2. The van der Waals surface area contributed by atoms with Crippen molar-refractivity contribution in [3.05, 3.63) is 59.7 Å². The van der Waals surface area contributed by atoms with Crippen molar-refractivity contribution < 1.29 is 24.2 Å². The van der Waals surface area contributed by atoms with Gasteiger partial charge in [-0.1, -0.05) is 31.2 Å². The van der Waals surface area contributed by atoms with E-state index in [0.29, 0.717) is 19.8 Å². The lowest BCUT2D eigenvalue weighted by Gasteiger charge is -2.10. The number of nitrogens with one attached hydrogen (secondary N) is 1. The van der Waals surface area contributed by atoms with Crippen molar-refractivity contribution >= 4 is 11.9 Å². The molecule has 0 radical (unpaired) electrons. The lowest BCUT2D eigenvalue weighted by Crippen LogP contribution is -2.23. The van der Waals surface area contributed by atoms with Crippen molar-refractivity contribution in [3.8, 4) is 11.5 Å². The molecule has 0 unspecified atom stereocenters. The van der Waals surface area contributed by atoms with Gasteiger partial charge in [-0.3, -0.25) is 9.59 Å². The molecule has 0 saturated heterocycles. The number of hydrogen-bond acceptors (Lipinski definition) is 4. The normalized spacial score (nSPS) is 10.3. The summed E-state index contributed by atoms with van der Waals surface area (Å²) in [6.07, 6.45) is 0.826. The van der Waals surface area contributed by atoms with Crippen LogP contribution in [0.15, 0.2) is 48.5 Å². The number of aliphatic carboxylic acids is 1. The summed E-state index contributed by atoms with van der Waals surface area (Å²) in [5.74, 6) is 0.293. The van der Waals surface area contributed by atoms with Gasteiger partial charge < -0.3 is 19.9 Å². The molecular weight excluding hydrogens is 346 g/mol. The topological polar surface area (TPSA) is 84.9 Å². The third-order valence-electron chi connectivity index (χ3n) is 3.93. The maximum absolute atomic E-state index is 11.5. The predicted molar refractivity (Wildman–Crippen MR) is 102 cm³/mol. The van der Waals surface area contributed by atoms with Crippen LogP contribution in [0.3, 0.4) is 0 Å². The average Bonchev–Trinajstić information content (AvgIpc) is 2.69. The Morgan fingerprint density at radius 2 is 1.37 bits per heavy atom. The molecule has 0 spiro atoms. The van der Waals surface area contributed by atoms with Crippen LogP contribution >= 0.6 is 0 Å². The first kappa shape index (κ1) is 20.3. The Kier molecular flexibility index (Phi) is 8.16. The van der Waals surface area contributed by atoms with E-state index < -0.39 is 5.97 Å². The number of aryl methyl sites for hydroxylation is 1. The summed E-state index contributed by atoms with van der Waals surface area (Å²) in [5.41, 5.74) is 2.19. The first-order valence-corrected chi connectivity index (χ1v) is 8.99. The van der Waals surface area contributed by atoms with Crippen LogP contribution in [0.4, 0.5) is 0 Å². The average molecular weight is 371 g/mol. The van der Waals surface area contributed by atoms with Crippen molar-refractivity contribution in [3.63, 3.8) is 0 Å². The number of ether oxygens (including phenoxy) is 2. The molecule has 0 saturated carbocycles. The standard InChI is InChI=1S/C21H25NO5/c1-2-16-3-7-18(8-4-16)26-13-14-27-19-9-5-17(6-10-19)15-22-20(23)11-12-21(24)25/h3-10H,2,11-15H2,1H3,(H,22,23)(H,24,25). The van der Waals surface area contributed by atoms with E-state index >= 15 is 0 Å². The molecule has 2 aromatic carbocycles. The molecular formula is C21H25NO5. The largest absolute Gasteiger partial charge is 0.490 e. The molecule has 0 aliphatic rings. The van der Waals surface area contributed by atoms with Crippen molar-refractivity contribution in [2.45, 2.75) is 32.7 Å². The molecule has 0 atom stereocenters. The van der Waals surface area contributed by atoms with Crippen LogP contribution in [-0.2, 0) is 22.6 Å². The summed E-state index contributed by atoms with van der Waals surface area (Å²) in [7, 11) is 0. The van der Waals surface area contributed by atoms with Gasteiger partial charge in [-0.15, -0.1) is 0 Å². The van der Waals surface area contributed by atoms with E-state index in [9.17, 15) is 9.59 Å². The van der Waals surface area contributed by atoms with Gasteiger partial charge in [0.1, 0.15) is 24.7 Å². The van der Waals surface area contributed by atoms with Gasteiger partial charge in [0, 0.05) is 13.0 Å². The minimum absolute atomic E-state index is 0.0162. The van der Waals surface area contributed by atoms with Gasteiger partial charge in [0.15, 0.2) is 0 Å². The lowest BCUT2D eigenvalue weighted by atomic mass is 10.2. The summed E-state index contributed by atoms with van der Waals surface area (Å²) in [5, 5.41) is 11.2. The van der Waals surface area contributed by atoms with Crippen LogP contribution in [0.2, 0.25) is 0 Å². The Bertz CT molecular complexity index is 725. The van der Waals surface area contributed by atoms with Crippen molar-refractivity contribution in [1.29, 1.82) is 0 Å². The minimum atomic E-state index is -0.978. The van der Waals surface area contributed by atoms with E-state index in [2.05, 4.69) is 24.4 Å². The van der Waals surface area contributed by atoms with Crippen LogP contribution in [0.1, 0.15) is 30.9 Å². The molecule has 0 aliphatic carbocycles. The zero-order valence-electron chi connectivity index (χ0n) is 15.4. The highest BCUT2D eigenvalue weighted by Gasteiger charge is 2.05. The summed E-state index contributed by atoms with van der Waals surface area (Å²) < 4.78 is 11.3. The number of benzene rings is 2. The highest BCUT2D eigenvalue weighted by atomic mass is 16.5. The molecule has 2 N–H and O–H groups in total. The van der Waals surface area contributed by atoms with Crippen LogP contribution in [-0.4, -0.2) is 30.2 Å². The molecule has 27 heavy (non-hydrogen) atoms. The molecule has 2 aromatic rings. The third-order valence-corrected chi connectivity index (χ3v) is 3.93. The third kappa shape index (κ3) is 7.81. The molecule has 0 aromatic heterocycles. The predicted octanol–water partition coefficient (Wildman–Crippen LogP) is 3.19. The summed E-state index contributed by atoms with van der Waals surface area (Å²) in [4.78, 5) is 21.9. The Morgan fingerprint density at radius 1 is 0.852 bits per heavy atom. The Labute approximate surface area is 159 Å². The molecule has 0 fully saturated rings. The van der Waals surface area contributed by atoms with Gasteiger partial charge in [-0.05, 0) is 41.8 Å². The Morgan fingerprint density at radius 3 is 1.85 bits per heavy atom. The molecule has 0 bridgehead atoms. The van der Waals surface area contributed by atoms with Gasteiger partial charge in [0.2, 0.25) is 5.91 Å². The Hall–Kier alpha value is -3.02.